The summed E-state index contributed by atoms with van der Waals surface area (Å²) in [6.07, 6.45) is 1.35. The van der Waals surface area contributed by atoms with Gasteiger partial charge in [0.15, 0.2) is 0 Å². The maximum atomic E-state index is 11.8. The molecule has 1 aliphatic heterocycles. The van der Waals surface area contributed by atoms with Gasteiger partial charge in [0.25, 0.3) is 11.8 Å². The van der Waals surface area contributed by atoms with Crippen LogP contribution < -0.4 is 9.47 Å². The first kappa shape index (κ1) is 13.1. The molecule has 0 aliphatic carbocycles. The number of benzene rings is 1. The fourth-order valence-electron chi connectivity index (χ4n) is 1.94. The normalized spacial score (nSPS) is 14.7. The Hall–Kier alpha value is -2.30. The van der Waals surface area contributed by atoms with Gasteiger partial charge >= 0.3 is 0 Å². The summed E-state index contributed by atoms with van der Waals surface area (Å²) in [5, 5.41) is 0. The van der Waals surface area contributed by atoms with Crippen molar-refractivity contribution in [3.05, 3.63) is 35.4 Å². The molecule has 0 radical (unpaired) electrons. The van der Waals surface area contributed by atoms with Crippen LogP contribution in [0.5, 0.6) is 11.5 Å². The topological polar surface area (TPSA) is 55.8 Å². The highest BCUT2D eigenvalue weighted by Crippen LogP contribution is 2.27. The zero-order chi connectivity index (χ0) is 14.0. The molecule has 0 aromatic heterocycles. The molecule has 2 amide bonds. The Kier molecular flexibility index (Phi) is 3.55. The monoisotopic (exact) mass is 261 g/mol. The Morgan fingerprint density at radius 3 is 2.42 bits per heavy atom. The Morgan fingerprint density at radius 2 is 1.89 bits per heavy atom. The summed E-state index contributed by atoms with van der Waals surface area (Å²) in [5.41, 5.74) is 1.21. The van der Waals surface area contributed by atoms with Crippen LogP contribution in [0.1, 0.15) is 12.5 Å². The van der Waals surface area contributed by atoms with Crippen molar-refractivity contribution in [3.8, 4) is 11.5 Å². The summed E-state index contributed by atoms with van der Waals surface area (Å²) in [7, 11) is 3.10. The summed E-state index contributed by atoms with van der Waals surface area (Å²) >= 11 is 0. The van der Waals surface area contributed by atoms with Gasteiger partial charge in [-0.05, 0) is 19.1 Å². The van der Waals surface area contributed by atoms with E-state index in [-0.39, 0.29) is 18.4 Å². The lowest BCUT2D eigenvalue weighted by Crippen LogP contribution is -2.30. The fourth-order valence-corrected chi connectivity index (χ4v) is 1.94. The molecule has 0 bridgehead atoms. The minimum absolute atomic E-state index is 0.193. The van der Waals surface area contributed by atoms with Crippen LogP contribution in [-0.2, 0) is 16.1 Å². The Bertz CT molecular complexity index is 563. The van der Waals surface area contributed by atoms with Crippen LogP contribution in [0.3, 0.4) is 0 Å². The van der Waals surface area contributed by atoms with Gasteiger partial charge in [0, 0.05) is 23.3 Å². The Morgan fingerprint density at radius 1 is 1.16 bits per heavy atom. The zero-order valence-corrected chi connectivity index (χ0v) is 11.1. The van der Waals surface area contributed by atoms with E-state index in [0.717, 1.165) is 5.56 Å². The number of carbonyl (C=O) groups is 2. The number of ether oxygens (including phenoxy) is 2. The van der Waals surface area contributed by atoms with Crippen LogP contribution >= 0.6 is 0 Å². The van der Waals surface area contributed by atoms with Crippen molar-refractivity contribution in [2.45, 2.75) is 13.5 Å². The van der Waals surface area contributed by atoms with Crippen molar-refractivity contribution in [3.63, 3.8) is 0 Å². The lowest BCUT2D eigenvalue weighted by molar-refractivity contribution is -0.137. The fraction of sp³-hybridized carbons (Fsp3) is 0.286. The van der Waals surface area contributed by atoms with Gasteiger partial charge in [-0.2, -0.15) is 0 Å². The standard InChI is InChI=1S/C14H15NO4/c1-9-6-13(16)15(14(9)17)8-10-4-5-11(18-2)7-12(10)19-3/h4-7H,8H2,1-3H3. The van der Waals surface area contributed by atoms with Crippen molar-refractivity contribution in [2.24, 2.45) is 0 Å². The van der Waals surface area contributed by atoms with E-state index in [1.165, 1.54) is 18.1 Å². The maximum absolute atomic E-state index is 11.8. The lowest BCUT2D eigenvalue weighted by Gasteiger charge is -2.17. The number of hydrogen-bond donors (Lipinski definition) is 0. The van der Waals surface area contributed by atoms with E-state index >= 15 is 0 Å². The molecule has 0 spiro atoms. The van der Waals surface area contributed by atoms with Crippen LogP contribution in [0.15, 0.2) is 29.8 Å². The molecule has 0 unspecified atom stereocenters. The number of rotatable bonds is 4. The van der Waals surface area contributed by atoms with Gasteiger partial charge in [0.1, 0.15) is 11.5 Å². The van der Waals surface area contributed by atoms with Crippen LogP contribution in [0.2, 0.25) is 0 Å². The quantitative estimate of drug-likeness (QED) is 0.771. The largest absolute Gasteiger partial charge is 0.497 e. The molecule has 1 heterocycles. The summed E-state index contributed by atoms with van der Waals surface area (Å²) in [4.78, 5) is 24.7. The van der Waals surface area contributed by atoms with Crippen LogP contribution in [0, 0.1) is 0 Å². The summed E-state index contributed by atoms with van der Waals surface area (Å²) < 4.78 is 10.4. The smallest absolute Gasteiger partial charge is 0.256 e. The van der Waals surface area contributed by atoms with Crippen LogP contribution in [0.4, 0.5) is 0 Å². The molecule has 0 fully saturated rings. The number of imide groups is 1. The molecular weight excluding hydrogens is 246 g/mol. The summed E-state index contributed by atoms with van der Waals surface area (Å²) in [6, 6.07) is 5.27. The molecule has 100 valence electrons. The molecule has 1 aliphatic rings. The van der Waals surface area contributed by atoms with Crippen molar-refractivity contribution < 1.29 is 19.1 Å². The molecule has 0 atom stereocenters. The molecular formula is C14H15NO4. The molecule has 0 saturated heterocycles. The molecule has 1 aromatic rings. The first-order valence-electron chi connectivity index (χ1n) is 5.82. The Balaban J connectivity index is 2.25. The van der Waals surface area contributed by atoms with Crippen molar-refractivity contribution in [2.75, 3.05) is 14.2 Å². The first-order valence-corrected chi connectivity index (χ1v) is 5.82. The predicted molar refractivity (Wildman–Crippen MR) is 68.9 cm³/mol. The lowest BCUT2D eigenvalue weighted by atomic mass is 10.1. The van der Waals surface area contributed by atoms with Gasteiger partial charge in [-0.25, -0.2) is 0 Å². The Labute approximate surface area is 111 Å². The second kappa shape index (κ2) is 5.14. The number of hydrogen-bond acceptors (Lipinski definition) is 4. The number of methoxy groups -OCH3 is 2. The van der Waals surface area contributed by atoms with Crippen LogP contribution in [-0.4, -0.2) is 30.9 Å². The van der Waals surface area contributed by atoms with E-state index in [1.807, 2.05) is 0 Å². The minimum atomic E-state index is -0.291. The molecule has 0 saturated carbocycles. The van der Waals surface area contributed by atoms with E-state index in [1.54, 1.807) is 32.2 Å². The summed E-state index contributed by atoms with van der Waals surface area (Å²) in [6.45, 7) is 1.82. The third kappa shape index (κ3) is 2.45. The van der Waals surface area contributed by atoms with Crippen molar-refractivity contribution in [1.82, 2.24) is 4.90 Å². The van der Waals surface area contributed by atoms with E-state index in [2.05, 4.69) is 0 Å². The van der Waals surface area contributed by atoms with Gasteiger partial charge < -0.3 is 9.47 Å². The number of nitrogens with zero attached hydrogens (tertiary/aromatic N) is 1. The third-order valence-corrected chi connectivity index (χ3v) is 3.01. The molecule has 5 nitrogen and oxygen atoms in total. The second-order valence-electron chi connectivity index (χ2n) is 4.23. The van der Waals surface area contributed by atoms with Crippen molar-refractivity contribution in [1.29, 1.82) is 0 Å². The predicted octanol–water partition coefficient (Wildman–Crippen LogP) is 1.52. The number of amides is 2. The molecule has 5 heteroatoms. The highest BCUT2D eigenvalue weighted by Gasteiger charge is 2.28. The number of carbonyl (C=O) groups excluding carboxylic acids is 2. The summed E-state index contributed by atoms with van der Waals surface area (Å²) in [5.74, 6) is 0.696. The van der Waals surface area contributed by atoms with Gasteiger partial charge in [0.2, 0.25) is 0 Å². The van der Waals surface area contributed by atoms with Gasteiger partial charge in [0.05, 0.1) is 20.8 Å². The minimum Gasteiger partial charge on any atom is -0.497 e. The third-order valence-electron chi connectivity index (χ3n) is 3.01. The van der Waals surface area contributed by atoms with E-state index in [0.29, 0.717) is 17.1 Å². The highest BCUT2D eigenvalue weighted by atomic mass is 16.5. The maximum Gasteiger partial charge on any atom is 0.256 e. The van der Waals surface area contributed by atoms with Gasteiger partial charge in [-0.3, -0.25) is 14.5 Å². The average Bonchev–Trinajstić information content (AvgIpc) is 2.65. The molecule has 1 aromatic carbocycles. The highest BCUT2D eigenvalue weighted by molar-refractivity contribution is 6.15. The second-order valence-corrected chi connectivity index (χ2v) is 4.23. The van der Waals surface area contributed by atoms with E-state index in [4.69, 9.17) is 9.47 Å². The molecule has 2 rings (SSSR count). The van der Waals surface area contributed by atoms with E-state index in [9.17, 15) is 9.59 Å². The van der Waals surface area contributed by atoms with Gasteiger partial charge in [-0.15, -0.1) is 0 Å². The molecule has 0 N–H and O–H groups in total. The zero-order valence-electron chi connectivity index (χ0n) is 11.1. The van der Waals surface area contributed by atoms with Crippen LogP contribution in [0.25, 0.3) is 0 Å². The first-order chi connectivity index (χ1) is 9.06. The molecule has 19 heavy (non-hydrogen) atoms. The van der Waals surface area contributed by atoms with Gasteiger partial charge in [-0.1, -0.05) is 0 Å². The average molecular weight is 261 g/mol. The van der Waals surface area contributed by atoms with E-state index < -0.39 is 0 Å². The van der Waals surface area contributed by atoms with Crippen molar-refractivity contribution >= 4 is 11.8 Å². The SMILES string of the molecule is COc1ccc(CN2C(=O)C=C(C)C2=O)c(OC)c1.